The van der Waals surface area contributed by atoms with Gasteiger partial charge in [0.25, 0.3) is 0 Å². The topological polar surface area (TPSA) is 111 Å². The van der Waals surface area contributed by atoms with Crippen molar-refractivity contribution in [3.63, 3.8) is 0 Å². The SMILES string of the molecule is N=C(N)c1ccc(C2CN(c3ccc(CCC(=O)O)cc3)C(=O)N2c2ccccc2)cc1. The average molecular weight is 428 g/mol. The van der Waals surface area contributed by atoms with Crippen LogP contribution in [0.5, 0.6) is 0 Å². The van der Waals surface area contributed by atoms with Gasteiger partial charge in [-0.15, -0.1) is 0 Å². The van der Waals surface area contributed by atoms with E-state index in [9.17, 15) is 9.59 Å². The van der Waals surface area contributed by atoms with Crippen LogP contribution in [0.25, 0.3) is 0 Å². The van der Waals surface area contributed by atoms with Crippen molar-refractivity contribution in [3.8, 4) is 0 Å². The van der Waals surface area contributed by atoms with Crippen LogP contribution >= 0.6 is 0 Å². The van der Waals surface area contributed by atoms with E-state index in [0.29, 0.717) is 18.5 Å². The number of hydrogen-bond acceptors (Lipinski definition) is 3. The number of anilines is 2. The van der Waals surface area contributed by atoms with Gasteiger partial charge in [0, 0.05) is 23.4 Å². The van der Waals surface area contributed by atoms with Crippen molar-refractivity contribution >= 4 is 29.2 Å². The van der Waals surface area contributed by atoms with Crippen LogP contribution < -0.4 is 15.5 Å². The Morgan fingerprint density at radius 1 is 0.969 bits per heavy atom. The van der Waals surface area contributed by atoms with Crippen LogP contribution in [0.2, 0.25) is 0 Å². The fourth-order valence-corrected chi connectivity index (χ4v) is 3.92. The molecule has 0 saturated carbocycles. The highest BCUT2D eigenvalue weighted by Gasteiger charge is 2.39. The summed E-state index contributed by atoms with van der Waals surface area (Å²) in [5.41, 5.74) is 9.65. The van der Waals surface area contributed by atoms with E-state index in [-0.39, 0.29) is 24.3 Å². The summed E-state index contributed by atoms with van der Waals surface area (Å²) in [5.74, 6) is -0.829. The number of carbonyl (C=O) groups is 2. The van der Waals surface area contributed by atoms with E-state index < -0.39 is 5.97 Å². The number of carboxylic acid groups (broad SMARTS) is 1. The number of carbonyl (C=O) groups excluding carboxylic acids is 1. The normalized spacial score (nSPS) is 15.8. The number of nitrogens with zero attached hydrogens (tertiary/aromatic N) is 2. The van der Waals surface area contributed by atoms with E-state index in [2.05, 4.69) is 0 Å². The standard InChI is InChI=1S/C25H24N4O3/c26-24(27)19-11-9-18(10-12-19)22-16-28(25(32)29(22)21-4-2-1-3-5-21)20-13-6-17(7-14-20)8-15-23(30)31/h1-7,9-14,22H,8,15-16H2,(H3,26,27)(H,30,31). The molecule has 1 aliphatic rings. The summed E-state index contributed by atoms with van der Waals surface area (Å²) in [6, 6.07) is 24.1. The first-order chi connectivity index (χ1) is 15.4. The molecule has 3 aromatic rings. The van der Waals surface area contributed by atoms with Gasteiger partial charge in [0.1, 0.15) is 5.84 Å². The summed E-state index contributed by atoms with van der Waals surface area (Å²) in [7, 11) is 0. The van der Waals surface area contributed by atoms with Gasteiger partial charge in [-0.05, 0) is 41.8 Å². The molecule has 1 aliphatic heterocycles. The van der Waals surface area contributed by atoms with Gasteiger partial charge >= 0.3 is 12.0 Å². The molecule has 0 aliphatic carbocycles. The van der Waals surface area contributed by atoms with Gasteiger partial charge < -0.3 is 10.8 Å². The number of nitrogens with one attached hydrogen (secondary N) is 1. The Hall–Kier alpha value is -4.13. The van der Waals surface area contributed by atoms with E-state index in [1.165, 1.54) is 0 Å². The van der Waals surface area contributed by atoms with Gasteiger partial charge in [-0.25, -0.2) is 4.79 Å². The molecule has 1 fully saturated rings. The Labute approximate surface area is 186 Å². The zero-order chi connectivity index (χ0) is 22.7. The molecule has 2 amide bonds. The van der Waals surface area contributed by atoms with Crippen LogP contribution in [0.1, 0.15) is 29.2 Å². The number of benzene rings is 3. The van der Waals surface area contributed by atoms with Crippen molar-refractivity contribution < 1.29 is 14.7 Å². The molecule has 4 rings (SSSR count). The van der Waals surface area contributed by atoms with Crippen LogP contribution in [-0.4, -0.2) is 29.5 Å². The maximum Gasteiger partial charge on any atom is 0.329 e. The molecule has 32 heavy (non-hydrogen) atoms. The average Bonchev–Trinajstić information content (AvgIpc) is 3.15. The number of para-hydroxylation sites is 1. The summed E-state index contributed by atoms with van der Waals surface area (Å²) < 4.78 is 0. The Kier molecular flexibility index (Phi) is 5.89. The number of nitrogen functional groups attached to an aromatic ring is 1. The summed E-state index contributed by atoms with van der Waals surface area (Å²) in [6.45, 7) is 0.460. The molecular weight excluding hydrogens is 404 g/mol. The first-order valence-corrected chi connectivity index (χ1v) is 10.3. The highest BCUT2D eigenvalue weighted by Crippen LogP contribution is 2.37. The summed E-state index contributed by atoms with van der Waals surface area (Å²) >= 11 is 0. The second-order valence-electron chi connectivity index (χ2n) is 7.71. The lowest BCUT2D eigenvalue weighted by Crippen LogP contribution is -2.32. The number of nitrogens with two attached hydrogens (primary N) is 1. The molecule has 7 heteroatoms. The van der Waals surface area contributed by atoms with Gasteiger partial charge in [0.05, 0.1) is 12.6 Å². The van der Waals surface area contributed by atoms with E-state index in [1.807, 2.05) is 66.7 Å². The van der Waals surface area contributed by atoms with E-state index in [1.54, 1.807) is 21.9 Å². The Morgan fingerprint density at radius 3 is 2.22 bits per heavy atom. The van der Waals surface area contributed by atoms with Crippen molar-refractivity contribution in [2.45, 2.75) is 18.9 Å². The van der Waals surface area contributed by atoms with Crippen LogP contribution in [0.4, 0.5) is 16.2 Å². The largest absolute Gasteiger partial charge is 0.481 e. The number of rotatable bonds is 7. The lowest BCUT2D eigenvalue weighted by molar-refractivity contribution is -0.136. The monoisotopic (exact) mass is 428 g/mol. The smallest absolute Gasteiger partial charge is 0.329 e. The first kappa shape index (κ1) is 21.1. The minimum absolute atomic E-state index is 0.00331. The minimum Gasteiger partial charge on any atom is -0.481 e. The Balaban J connectivity index is 1.65. The van der Waals surface area contributed by atoms with Crippen molar-refractivity contribution in [1.82, 2.24) is 0 Å². The fraction of sp³-hybridized carbons (Fsp3) is 0.160. The highest BCUT2D eigenvalue weighted by molar-refractivity contribution is 6.07. The summed E-state index contributed by atoms with van der Waals surface area (Å²) in [4.78, 5) is 27.8. The van der Waals surface area contributed by atoms with Gasteiger partial charge in [-0.3, -0.25) is 20.0 Å². The molecule has 7 nitrogen and oxygen atoms in total. The van der Waals surface area contributed by atoms with E-state index in [0.717, 1.165) is 22.5 Å². The molecule has 1 saturated heterocycles. The lowest BCUT2D eigenvalue weighted by Gasteiger charge is -2.23. The summed E-state index contributed by atoms with van der Waals surface area (Å²) in [6.07, 6.45) is 0.521. The zero-order valence-corrected chi connectivity index (χ0v) is 17.4. The highest BCUT2D eigenvalue weighted by atomic mass is 16.4. The second-order valence-corrected chi connectivity index (χ2v) is 7.71. The van der Waals surface area contributed by atoms with Crippen LogP contribution in [0.3, 0.4) is 0 Å². The van der Waals surface area contributed by atoms with Gasteiger partial charge in [0.15, 0.2) is 0 Å². The molecule has 0 spiro atoms. The van der Waals surface area contributed by atoms with Gasteiger partial charge in [-0.2, -0.15) is 0 Å². The minimum atomic E-state index is -0.832. The van der Waals surface area contributed by atoms with Crippen LogP contribution in [0, 0.1) is 5.41 Å². The molecule has 0 bridgehead atoms. The van der Waals surface area contributed by atoms with Gasteiger partial charge in [0.2, 0.25) is 0 Å². The second kappa shape index (κ2) is 8.93. The van der Waals surface area contributed by atoms with Crippen LogP contribution in [0.15, 0.2) is 78.9 Å². The lowest BCUT2D eigenvalue weighted by atomic mass is 10.0. The van der Waals surface area contributed by atoms with Crippen LogP contribution in [-0.2, 0) is 11.2 Å². The predicted molar refractivity (Wildman–Crippen MR) is 124 cm³/mol. The third-order valence-corrected chi connectivity index (χ3v) is 5.62. The van der Waals surface area contributed by atoms with E-state index >= 15 is 0 Å². The molecule has 3 aromatic carbocycles. The quantitative estimate of drug-likeness (QED) is 0.387. The molecule has 4 N–H and O–H groups in total. The molecule has 0 radical (unpaired) electrons. The predicted octanol–water partition coefficient (Wildman–Crippen LogP) is 4.18. The Bertz CT molecular complexity index is 1130. The molecule has 162 valence electrons. The molecule has 0 aromatic heterocycles. The maximum absolute atomic E-state index is 13.5. The van der Waals surface area contributed by atoms with Crippen molar-refractivity contribution in [3.05, 3.63) is 95.6 Å². The number of amides is 2. The summed E-state index contributed by atoms with van der Waals surface area (Å²) in [5, 5.41) is 16.5. The number of aryl methyl sites for hydroxylation is 1. The zero-order valence-electron chi connectivity index (χ0n) is 17.4. The molecule has 1 atom stereocenters. The molecular formula is C25H24N4O3. The molecule has 1 unspecified atom stereocenters. The molecule has 1 heterocycles. The van der Waals surface area contributed by atoms with Crippen molar-refractivity contribution in [1.29, 1.82) is 5.41 Å². The number of amidine groups is 1. The van der Waals surface area contributed by atoms with Crippen molar-refractivity contribution in [2.24, 2.45) is 5.73 Å². The third-order valence-electron chi connectivity index (χ3n) is 5.62. The van der Waals surface area contributed by atoms with Gasteiger partial charge in [-0.1, -0.05) is 54.6 Å². The number of aliphatic carboxylic acids is 1. The maximum atomic E-state index is 13.5. The first-order valence-electron chi connectivity index (χ1n) is 10.3. The Morgan fingerprint density at radius 2 is 1.62 bits per heavy atom. The number of carboxylic acids is 1. The number of urea groups is 1. The number of hydrogen-bond donors (Lipinski definition) is 3. The van der Waals surface area contributed by atoms with E-state index in [4.69, 9.17) is 16.2 Å². The fourth-order valence-electron chi connectivity index (χ4n) is 3.92. The van der Waals surface area contributed by atoms with Crippen molar-refractivity contribution in [2.75, 3.05) is 16.3 Å². The third kappa shape index (κ3) is 4.32.